The number of carbonyl (C=O) groups excluding carboxylic acids is 2. The van der Waals surface area contributed by atoms with Crippen LogP contribution in [0.25, 0.3) is 11.0 Å². The van der Waals surface area contributed by atoms with E-state index in [4.69, 9.17) is 16.6 Å². The van der Waals surface area contributed by atoms with Crippen molar-refractivity contribution in [3.05, 3.63) is 63.9 Å². The van der Waals surface area contributed by atoms with Crippen LogP contribution in [0.1, 0.15) is 70.6 Å². The molecule has 2 aromatic carbocycles. The Labute approximate surface area is 199 Å². The third-order valence-corrected chi connectivity index (χ3v) is 6.90. The first kappa shape index (κ1) is 23.5. The lowest BCUT2D eigenvalue weighted by molar-refractivity contribution is 0.0693. The SMILES string of the molecule is CCCCn1c(C2CCNCC2)nc2cc(C)c(Cl)cc21.CN1C(=O)c2ccccc2C1=O. The third-order valence-electron chi connectivity index (χ3n) is 6.49. The van der Waals surface area contributed by atoms with Gasteiger partial charge in [-0.15, -0.1) is 0 Å². The number of aryl methyl sites for hydroxylation is 2. The van der Waals surface area contributed by atoms with Gasteiger partial charge in [0, 0.05) is 24.5 Å². The van der Waals surface area contributed by atoms with Gasteiger partial charge in [0.15, 0.2) is 0 Å². The van der Waals surface area contributed by atoms with E-state index < -0.39 is 0 Å². The number of unbranched alkanes of at least 4 members (excludes halogenated alkanes) is 1. The summed E-state index contributed by atoms with van der Waals surface area (Å²) in [5.41, 5.74) is 4.42. The molecule has 1 fully saturated rings. The maximum Gasteiger partial charge on any atom is 0.261 e. The fourth-order valence-electron chi connectivity index (χ4n) is 4.52. The minimum Gasteiger partial charge on any atom is -0.328 e. The predicted molar refractivity (Wildman–Crippen MR) is 132 cm³/mol. The molecule has 5 rings (SSSR count). The molecule has 2 aliphatic heterocycles. The van der Waals surface area contributed by atoms with Gasteiger partial charge in [-0.2, -0.15) is 0 Å². The van der Waals surface area contributed by atoms with Gasteiger partial charge >= 0.3 is 0 Å². The second kappa shape index (κ2) is 10.1. The van der Waals surface area contributed by atoms with Gasteiger partial charge < -0.3 is 9.88 Å². The Morgan fingerprint density at radius 1 is 1.09 bits per heavy atom. The van der Waals surface area contributed by atoms with E-state index in [1.807, 2.05) is 0 Å². The molecule has 7 heteroatoms. The highest BCUT2D eigenvalue weighted by Crippen LogP contribution is 2.31. The molecule has 0 unspecified atom stereocenters. The molecule has 6 nitrogen and oxygen atoms in total. The number of fused-ring (bicyclic) bond motifs is 2. The second-order valence-corrected chi connectivity index (χ2v) is 9.21. The molecule has 0 bridgehead atoms. The van der Waals surface area contributed by atoms with Crippen LogP contribution >= 0.6 is 11.6 Å². The Balaban J connectivity index is 0.000000183. The fourth-order valence-corrected chi connectivity index (χ4v) is 4.68. The van der Waals surface area contributed by atoms with E-state index in [-0.39, 0.29) is 11.8 Å². The van der Waals surface area contributed by atoms with Crippen LogP contribution in [-0.2, 0) is 6.54 Å². The van der Waals surface area contributed by atoms with E-state index in [0.29, 0.717) is 17.0 Å². The molecule has 0 spiro atoms. The van der Waals surface area contributed by atoms with Gasteiger partial charge in [-0.25, -0.2) is 4.98 Å². The quantitative estimate of drug-likeness (QED) is 0.538. The van der Waals surface area contributed by atoms with Gasteiger partial charge in [-0.3, -0.25) is 14.5 Å². The average molecular weight is 467 g/mol. The van der Waals surface area contributed by atoms with Crippen molar-refractivity contribution in [3.63, 3.8) is 0 Å². The summed E-state index contributed by atoms with van der Waals surface area (Å²) < 4.78 is 2.42. The number of imide groups is 1. The summed E-state index contributed by atoms with van der Waals surface area (Å²) in [6.45, 7) is 7.53. The first-order chi connectivity index (χ1) is 15.9. The number of rotatable bonds is 4. The van der Waals surface area contributed by atoms with E-state index in [2.05, 4.69) is 35.9 Å². The van der Waals surface area contributed by atoms with E-state index in [0.717, 1.165) is 40.6 Å². The van der Waals surface area contributed by atoms with Gasteiger partial charge in [-0.05, 0) is 69.1 Å². The summed E-state index contributed by atoms with van der Waals surface area (Å²) >= 11 is 6.34. The van der Waals surface area contributed by atoms with Crippen molar-refractivity contribution in [2.45, 2.75) is 52.0 Å². The standard InChI is InChI=1S/C17H24ClN3.C9H7NO2/c1-3-4-9-21-16-11-14(18)12(2)10-15(16)20-17(21)13-5-7-19-8-6-13;1-10-8(11)6-4-2-3-5-7(6)9(10)12/h10-11,13,19H,3-9H2,1-2H3;2-5H,1H3. The molecule has 3 aromatic rings. The summed E-state index contributed by atoms with van der Waals surface area (Å²) in [6, 6.07) is 11.1. The minimum atomic E-state index is -0.212. The molecule has 3 heterocycles. The number of amides is 2. The number of nitrogens with zero attached hydrogens (tertiary/aromatic N) is 3. The summed E-state index contributed by atoms with van der Waals surface area (Å²) in [4.78, 5) is 28.7. The zero-order valence-electron chi connectivity index (χ0n) is 19.5. The Morgan fingerprint density at radius 2 is 1.73 bits per heavy atom. The molecule has 174 valence electrons. The Kier molecular flexibility index (Phi) is 7.15. The number of imidazole rings is 1. The van der Waals surface area contributed by atoms with Gasteiger partial charge in [0.25, 0.3) is 11.8 Å². The van der Waals surface area contributed by atoms with Crippen molar-refractivity contribution in [2.24, 2.45) is 0 Å². The van der Waals surface area contributed by atoms with Gasteiger partial charge in [0.05, 0.1) is 22.2 Å². The highest BCUT2D eigenvalue weighted by Gasteiger charge is 2.31. The van der Waals surface area contributed by atoms with Crippen LogP contribution in [0, 0.1) is 6.92 Å². The van der Waals surface area contributed by atoms with Crippen LogP contribution in [0.4, 0.5) is 0 Å². The zero-order chi connectivity index (χ0) is 23.5. The Morgan fingerprint density at radius 3 is 2.33 bits per heavy atom. The van der Waals surface area contributed by atoms with Crippen LogP contribution < -0.4 is 5.32 Å². The van der Waals surface area contributed by atoms with Crippen LogP contribution in [-0.4, -0.2) is 46.4 Å². The normalized spacial score (nSPS) is 16.2. The van der Waals surface area contributed by atoms with E-state index in [9.17, 15) is 9.59 Å². The predicted octanol–water partition coefficient (Wildman–Crippen LogP) is 5.18. The van der Waals surface area contributed by atoms with Crippen molar-refractivity contribution in [2.75, 3.05) is 20.1 Å². The Bertz CT molecular complexity index is 1150. The third kappa shape index (κ3) is 4.68. The van der Waals surface area contributed by atoms with Crippen LogP contribution in [0.5, 0.6) is 0 Å². The van der Waals surface area contributed by atoms with Crippen LogP contribution in [0.15, 0.2) is 36.4 Å². The number of halogens is 1. The van der Waals surface area contributed by atoms with E-state index in [1.54, 1.807) is 24.3 Å². The molecule has 2 aliphatic rings. The molecule has 1 saturated heterocycles. The summed E-state index contributed by atoms with van der Waals surface area (Å²) in [7, 11) is 1.49. The zero-order valence-corrected chi connectivity index (χ0v) is 20.3. The highest BCUT2D eigenvalue weighted by atomic mass is 35.5. The van der Waals surface area contributed by atoms with Crippen molar-refractivity contribution >= 4 is 34.4 Å². The summed E-state index contributed by atoms with van der Waals surface area (Å²) in [6.07, 6.45) is 4.75. The largest absolute Gasteiger partial charge is 0.328 e. The molecule has 0 saturated carbocycles. The molecule has 0 aliphatic carbocycles. The lowest BCUT2D eigenvalue weighted by Crippen LogP contribution is -2.28. The number of hydrogen-bond donors (Lipinski definition) is 1. The molecular formula is C26H31ClN4O2. The van der Waals surface area contributed by atoms with E-state index >= 15 is 0 Å². The maximum atomic E-state index is 11.3. The molecule has 0 atom stereocenters. The molecule has 2 amide bonds. The second-order valence-electron chi connectivity index (χ2n) is 8.80. The first-order valence-electron chi connectivity index (χ1n) is 11.7. The van der Waals surface area contributed by atoms with Gasteiger partial charge in [0.2, 0.25) is 0 Å². The molecular weight excluding hydrogens is 436 g/mol. The lowest BCUT2D eigenvalue weighted by atomic mass is 9.97. The van der Waals surface area contributed by atoms with Crippen molar-refractivity contribution in [1.29, 1.82) is 0 Å². The monoisotopic (exact) mass is 466 g/mol. The van der Waals surface area contributed by atoms with Crippen molar-refractivity contribution in [1.82, 2.24) is 19.8 Å². The molecule has 33 heavy (non-hydrogen) atoms. The fraction of sp³-hybridized carbons (Fsp3) is 0.423. The summed E-state index contributed by atoms with van der Waals surface area (Å²) in [5, 5.41) is 4.29. The highest BCUT2D eigenvalue weighted by molar-refractivity contribution is 6.32. The Hall–Kier alpha value is -2.70. The number of aromatic nitrogens is 2. The minimum absolute atomic E-state index is 0.212. The first-order valence-corrected chi connectivity index (χ1v) is 12.1. The van der Waals surface area contributed by atoms with Crippen molar-refractivity contribution in [3.8, 4) is 0 Å². The molecule has 1 aromatic heterocycles. The molecule has 0 radical (unpaired) electrons. The van der Waals surface area contributed by atoms with Gasteiger partial charge in [0.1, 0.15) is 5.82 Å². The van der Waals surface area contributed by atoms with Gasteiger partial charge in [-0.1, -0.05) is 37.1 Å². The maximum absolute atomic E-state index is 11.3. The van der Waals surface area contributed by atoms with E-state index in [1.165, 1.54) is 44.1 Å². The number of nitrogens with one attached hydrogen (secondary N) is 1. The molecule has 1 N–H and O–H groups in total. The smallest absolute Gasteiger partial charge is 0.261 e. The van der Waals surface area contributed by atoms with Crippen LogP contribution in [0.2, 0.25) is 5.02 Å². The topological polar surface area (TPSA) is 67.2 Å². The number of carbonyl (C=O) groups is 2. The number of benzene rings is 2. The number of piperidine rings is 1. The summed E-state index contributed by atoms with van der Waals surface area (Å²) in [5.74, 6) is 1.42. The lowest BCUT2D eigenvalue weighted by Gasteiger charge is -2.23. The van der Waals surface area contributed by atoms with Crippen molar-refractivity contribution < 1.29 is 9.59 Å². The number of hydrogen-bond acceptors (Lipinski definition) is 4. The van der Waals surface area contributed by atoms with Crippen LogP contribution in [0.3, 0.4) is 0 Å². The average Bonchev–Trinajstić information content (AvgIpc) is 3.29.